The van der Waals surface area contributed by atoms with Gasteiger partial charge in [-0.3, -0.25) is 5.01 Å². The molecule has 0 bridgehead atoms. The number of alkyl halides is 2. The molecule has 0 fully saturated rings. The minimum absolute atomic E-state index is 0.224. The molecule has 1 aromatic heterocycles. The van der Waals surface area contributed by atoms with Gasteiger partial charge in [-0.2, -0.15) is 13.9 Å². The Morgan fingerprint density at radius 3 is 2.68 bits per heavy atom. The summed E-state index contributed by atoms with van der Waals surface area (Å²) in [6, 6.07) is 7.23. The lowest BCUT2D eigenvalue weighted by molar-refractivity contribution is -0.174. The highest BCUT2D eigenvalue weighted by molar-refractivity contribution is 9.10. The molecule has 1 heterocycles. The van der Waals surface area contributed by atoms with E-state index in [-0.39, 0.29) is 11.9 Å². The highest BCUT2D eigenvalue weighted by atomic mass is 79.9. The van der Waals surface area contributed by atoms with Crippen molar-refractivity contribution in [2.45, 2.75) is 17.9 Å². The zero-order valence-corrected chi connectivity index (χ0v) is 17.5. The molecule has 164 valence electrons. The van der Waals surface area contributed by atoms with Crippen LogP contribution in [0.15, 0.2) is 75.4 Å². The summed E-state index contributed by atoms with van der Waals surface area (Å²) in [6.07, 6.45) is 2.93. The Kier molecular flexibility index (Phi) is 6.48. The van der Waals surface area contributed by atoms with Gasteiger partial charge < -0.3 is 10.9 Å². The maximum atomic E-state index is 15.8. The van der Waals surface area contributed by atoms with E-state index in [0.717, 1.165) is 29.0 Å². The molecule has 0 saturated carbocycles. The second-order valence-electron chi connectivity index (χ2n) is 6.84. The first-order valence-electron chi connectivity index (χ1n) is 8.94. The SMILES string of the molecule is N/N=C\N(N)CC(O)(C1=CCC=C(F)C=C1F)C(F)(F)c1ccc2cc(Br)ccc2n1. The number of nitrogens with zero attached hydrogens (tertiary/aromatic N) is 3. The smallest absolute Gasteiger partial charge is 0.323 e. The number of rotatable bonds is 6. The lowest BCUT2D eigenvalue weighted by Crippen LogP contribution is -2.57. The van der Waals surface area contributed by atoms with Gasteiger partial charge in [0.25, 0.3) is 0 Å². The summed E-state index contributed by atoms with van der Waals surface area (Å²) in [5.74, 6) is 4.12. The van der Waals surface area contributed by atoms with Gasteiger partial charge >= 0.3 is 5.92 Å². The number of hydrogen-bond donors (Lipinski definition) is 3. The number of aliphatic hydroxyl groups is 1. The van der Waals surface area contributed by atoms with Crippen LogP contribution in [0.3, 0.4) is 0 Å². The summed E-state index contributed by atoms with van der Waals surface area (Å²) in [5.41, 5.74) is -4.67. The molecule has 5 N–H and O–H groups in total. The van der Waals surface area contributed by atoms with Crippen LogP contribution in [0.4, 0.5) is 17.6 Å². The third kappa shape index (κ3) is 4.48. The summed E-state index contributed by atoms with van der Waals surface area (Å²) in [5, 5.41) is 15.5. The molecule has 0 radical (unpaired) electrons. The van der Waals surface area contributed by atoms with Crippen LogP contribution >= 0.6 is 15.9 Å². The van der Waals surface area contributed by atoms with Crippen LogP contribution in [0.2, 0.25) is 0 Å². The molecular weight excluding hydrogens is 482 g/mol. The molecule has 3 rings (SSSR count). The van der Waals surface area contributed by atoms with Gasteiger partial charge in [0.05, 0.1) is 12.1 Å². The van der Waals surface area contributed by atoms with E-state index in [1.807, 2.05) is 0 Å². The largest absolute Gasteiger partial charge is 0.377 e. The van der Waals surface area contributed by atoms with Crippen LogP contribution in [0, 0.1) is 0 Å². The molecule has 31 heavy (non-hydrogen) atoms. The first kappa shape index (κ1) is 22.9. The third-order valence-electron chi connectivity index (χ3n) is 4.72. The maximum absolute atomic E-state index is 15.8. The van der Waals surface area contributed by atoms with Crippen molar-refractivity contribution in [3.8, 4) is 0 Å². The van der Waals surface area contributed by atoms with Crippen LogP contribution in [0.5, 0.6) is 0 Å². The van der Waals surface area contributed by atoms with Crippen LogP contribution in [-0.4, -0.2) is 33.6 Å². The number of allylic oxidation sites excluding steroid dienone is 4. The molecule has 1 unspecified atom stereocenters. The number of hydrazine groups is 1. The van der Waals surface area contributed by atoms with Crippen LogP contribution in [0.25, 0.3) is 10.9 Å². The van der Waals surface area contributed by atoms with Gasteiger partial charge in [-0.1, -0.05) is 28.1 Å². The molecule has 0 amide bonds. The average molecular weight is 500 g/mol. The van der Waals surface area contributed by atoms with E-state index < -0.39 is 41.0 Å². The van der Waals surface area contributed by atoms with Crippen LogP contribution < -0.4 is 11.7 Å². The average Bonchev–Trinajstić information content (AvgIpc) is 2.87. The van der Waals surface area contributed by atoms with E-state index >= 15 is 8.78 Å². The van der Waals surface area contributed by atoms with Gasteiger partial charge in [-0.25, -0.2) is 19.6 Å². The Balaban J connectivity index is 2.16. The zero-order chi connectivity index (χ0) is 22.8. The van der Waals surface area contributed by atoms with E-state index in [2.05, 4.69) is 26.0 Å². The van der Waals surface area contributed by atoms with Crippen molar-refractivity contribution < 1.29 is 22.7 Å². The van der Waals surface area contributed by atoms with E-state index in [9.17, 15) is 13.9 Å². The summed E-state index contributed by atoms with van der Waals surface area (Å²) in [7, 11) is 0. The van der Waals surface area contributed by atoms with Crippen molar-refractivity contribution in [1.29, 1.82) is 0 Å². The van der Waals surface area contributed by atoms with Gasteiger partial charge in [-0.05, 0) is 36.8 Å². The lowest BCUT2D eigenvalue weighted by atomic mass is 9.83. The molecule has 1 aliphatic rings. The van der Waals surface area contributed by atoms with E-state index in [0.29, 0.717) is 16.5 Å². The summed E-state index contributed by atoms with van der Waals surface area (Å²) in [4.78, 5) is 3.96. The number of aromatic nitrogens is 1. The summed E-state index contributed by atoms with van der Waals surface area (Å²) in [6.45, 7) is -1.02. The normalized spacial score (nSPS) is 17.1. The molecule has 0 spiro atoms. The van der Waals surface area contributed by atoms with E-state index in [1.54, 1.807) is 12.1 Å². The fourth-order valence-electron chi connectivity index (χ4n) is 3.24. The molecule has 2 aromatic rings. The first-order chi connectivity index (χ1) is 14.6. The Bertz CT molecular complexity index is 1120. The molecule has 1 aromatic carbocycles. The molecule has 0 aliphatic heterocycles. The standard InChI is InChI=1S/C20H18BrF4N5O/c21-13-5-6-17-12(8-13)4-7-18(29-17)20(24,25)19(31,10-30(27)11-28-26)15-3-1-2-14(22)9-16(15)23/h2-9,11,31H,1,10,26-27H2/b28-11-. The van der Waals surface area contributed by atoms with E-state index in [4.69, 9.17) is 11.7 Å². The number of pyridine rings is 1. The minimum atomic E-state index is -4.15. The molecule has 1 aliphatic carbocycles. The van der Waals surface area contributed by atoms with Crippen LogP contribution in [-0.2, 0) is 5.92 Å². The Hall–Kier alpha value is -2.76. The van der Waals surface area contributed by atoms with Crippen molar-refractivity contribution >= 4 is 33.2 Å². The quantitative estimate of drug-likeness (QED) is 0.184. The summed E-state index contributed by atoms with van der Waals surface area (Å²) >= 11 is 3.29. The monoisotopic (exact) mass is 499 g/mol. The van der Waals surface area contributed by atoms with Gasteiger partial charge in [0.1, 0.15) is 23.7 Å². The fourth-order valence-corrected chi connectivity index (χ4v) is 3.62. The highest BCUT2D eigenvalue weighted by Gasteiger charge is 2.59. The van der Waals surface area contributed by atoms with Crippen molar-refractivity contribution in [1.82, 2.24) is 9.99 Å². The Morgan fingerprint density at radius 2 is 1.97 bits per heavy atom. The van der Waals surface area contributed by atoms with Gasteiger partial charge in [0.15, 0.2) is 5.60 Å². The van der Waals surface area contributed by atoms with Crippen LogP contribution in [0.1, 0.15) is 12.1 Å². The second kappa shape index (κ2) is 8.77. The number of nitrogens with two attached hydrogens (primary N) is 2. The number of fused-ring (bicyclic) bond motifs is 1. The first-order valence-corrected chi connectivity index (χ1v) is 9.73. The van der Waals surface area contributed by atoms with Gasteiger partial charge in [0.2, 0.25) is 0 Å². The van der Waals surface area contributed by atoms with Gasteiger partial charge in [0, 0.05) is 21.5 Å². The molecular formula is C20H18BrF4N5O. The topological polar surface area (TPSA) is 101 Å². The fraction of sp³-hybridized carbons (Fsp3) is 0.200. The summed E-state index contributed by atoms with van der Waals surface area (Å²) < 4.78 is 60.6. The molecule has 11 heteroatoms. The predicted molar refractivity (Wildman–Crippen MR) is 113 cm³/mol. The number of hydrazone groups is 1. The van der Waals surface area contributed by atoms with Crippen molar-refractivity contribution in [3.05, 3.63) is 76.0 Å². The minimum Gasteiger partial charge on any atom is -0.377 e. The van der Waals surface area contributed by atoms with Crippen molar-refractivity contribution in [3.63, 3.8) is 0 Å². The molecule has 1 atom stereocenters. The third-order valence-corrected chi connectivity index (χ3v) is 5.21. The van der Waals surface area contributed by atoms with Crippen molar-refractivity contribution in [2.75, 3.05) is 6.54 Å². The van der Waals surface area contributed by atoms with Crippen molar-refractivity contribution in [2.24, 2.45) is 16.8 Å². The van der Waals surface area contributed by atoms with E-state index in [1.165, 1.54) is 12.1 Å². The second-order valence-corrected chi connectivity index (χ2v) is 7.76. The maximum Gasteiger partial charge on any atom is 0.323 e. The zero-order valence-electron chi connectivity index (χ0n) is 15.9. The predicted octanol–water partition coefficient (Wildman–Crippen LogP) is 3.93. The molecule has 6 nitrogen and oxygen atoms in total. The molecule has 0 saturated heterocycles. The number of benzene rings is 1. The van der Waals surface area contributed by atoms with Gasteiger partial charge in [-0.15, -0.1) is 0 Å². The lowest BCUT2D eigenvalue weighted by Gasteiger charge is -2.38. The number of halogens is 5. The number of hydrogen-bond acceptors (Lipinski definition) is 5. The Morgan fingerprint density at radius 1 is 1.23 bits per heavy atom. The highest BCUT2D eigenvalue weighted by Crippen LogP contribution is 2.46. The Labute approximate surface area is 183 Å².